The highest BCUT2D eigenvalue weighted by atomic mass is 16.5. The highest BCUT2D eigenvalue weighted by molar-refractivity contribution is 5.78. The molecule has 5 rings (SSSR count). The predicted octanol–water partition coefficient (Wildman–Crippen LogP) is 7.77. The molecule has 0 bridgehead atoms. The number of benzene rings is 5. The van der Waals surface area contributed by atoms with Crippen molar-refractivity contribution >= 4 is 11.4 Å². The van der Waals surface area contributed by atoms with E-state index in [0.29, 0.717) is 22.9 Å². The minimum atomic E-state index is 0.582. The quantitative estimate of drug-likeness (QED) is 0.262. The zero-order chi connectivity index (χ0) is 23.3. The topological polar surface area (TPSA) is 70.5 Å². The molecule has 0 amide bonds. The van der Waals surface area contributed by atoms with E-state index in [0.717, 1.165) is 33.8 Å². The Bertz CT molecular complexity index is 1310. The van der Waals surface area contributed by atoms with Crippen molar-refractivity contribution in [1.29, 1.82) is 0 Å². The van der Waals surface area contributed by atoms with E-state index in [2.05, 4.69) is 18.2 Å². The second-order valence-electron chi connectivity index (χ2n) is 7.92. The Balaban J connectivity index is 1.38. The largest absolute Gasteiger partial charge is 0.455 e. The van der Waals surface area contributed by atoms with Gasteiger partial charge in [0, 0.05) is 0 Å². The summed E-state index contributed by atoms with van der Waals surface area (Å²) < 4.78 is 11.8. The van der Waals surface area contributed by atoms with Gasteiger partial charge < -0.3 is 20.9 Å². The zero-order valence-electron chi connectivity index (χ0n) is 18.5. The van der Waals surface area contributed by atoms with Gasteiger partial charge in [-0.15, -0.1) is 0 Å². The van der Waals surface area contributed by atoms with Crippen LogP contribution in [-0.4, -0.2) is 0 Å². The highest BCUT2D eigenvalue weighted by Crippen LogP contribution is 2.35. The molecule has 0 unspecified atom stereocenters. The van der Waals surface area contributed by atoms with Crippen molar-refractivity contribution in [2.24, 2.45) is 0 Å². The summed E-state index contributed by atoms with van der Waals surface area (Å²) in [5.41, 5.74) is 17.9. The number of nitrogens with two attached hydrogens (primary N) is 2. The summed E-state index contributed by atoms with van der Waals surface area (Å²) in [5.74, 6) is 2.77. The Morgan fingerprint density at radius 3 is 1.21 bits per heavy atom. The Morgan fingerprint density at radius 2 is 0.794 bits per heavy atom. The molecule has 0 aliphatic heterocycles. The van der Waals surface area contributed by atoms with E-state index in [1.165, 1.54) is 0 Å². The lowest BCUT2D eigenvalue weighted by molar-refractivity contribution is 0.485. The van der Waals surface area contributed by atoms with Gasteiger partial charge in [-0.25, -0.2) is 0 Å². The van der Waals surface area contributed by atoms with Crippen LogP contribution in [0.2, 0.25) is 0 Å². The number of ether oxygens (including phenoxy) is 2. The van der Waals surface area contributed by atoms with Gasteiger partial charge in [0.15, 0.2) is 0 Å². The summed E-state index contributed by atoms with van der Waals surface area (Å²) in [6, 6.07) is 39.2. The average Bonchev–Trinajstić information content (AvgIpc) is 2.88. The third-order valence-corrected chi connectivity index (χ3v) is 5.49. The highest BCUT2D eigenvalue weighted by Gasteiger charge is 2.09. The normalized spacial score (nSPS) is 10.6. The summed E-state index contributed by atoms with van der Waals surface area (Å²) in [5, 5.41) is 0. The smallest absolute Gasteiger partial charge is 0.150 e. The molecular formula is C30H24N2O2. The van der Waals surface area contributed by atoms with E-state index in [9.17, 15) is 0 Å². The summed E-state index contributed by atoms with van der Waals surface area (Å²) in [6.07, 6.45) is 0. The number of anilines is 2. The lowest BCUT2D eigenvalue weighted by Crippen LogP contribution is -1.93. The maximum atomic E-state index is 6.30. The van der Waals surface area contributed by atoms with Crippen molar-refractivity contribution in [3.05, 3.63) is 121 Å². The SMILES string of the molecule is Nc1cc(-c2cccc(-c3ccc(Oc4ccccc4)c(N)c3)c2)ccc1Oc1ccccc1. The lowest BCUT2D eigenvalue weighted by Gasteiger charge is -2.12. The first-order valence-electron chi connectivity index (χ1n) is 11.0. The molecule has 0 radical (unpaired) electrons. The van der Waals surface area contributed by atoms with Crippen molar-refractivity contribution in [2.75, 3.05) is 11.5 Å². The van der Waals surface area contributed by atoms with Gasteiger partial charge in [-0.2, -0.15) is 0 Å². The van der Waals surface area contributed by atoms with Crippen molar-refractivity contribution in [1.82, 2.24) is 0 Å². The minimum Gasteiger partial charge on any atom is -0.455 e. The standard InChI is InChI=1S/C30H24N2O2/c31-27-19-23(14-16-29(27)33-25-10-3-1-4-11-25)21-8-7-9-22(18-21)24-15-17-30(28(32)20-24)34-26-12-5-2-6-13-26/h1-20H,31-32H2. The summed E-state index contributed by atoms with van der Waals surface area (Å²) in [6.45, 7) is 0. The first-order valence-corrected chi connectivity index (χ1v) is 11.0. The second kappa shape index (κ2) is 9.43. The predicted molar refractivity (Wildman–Crippen MR) is 139 cm³/mol. The third-order valence-electron chi connectivity index (χ3n) is 5.49. The Hall–Kier alpha value is -4.70. The first kappa shape index (κ1) is 21.2. The monoisotopic (exact) mass is 444 g/mol. The molecule has 0 heterocycles. The van der Waals surface area contributed by atoms with Gasteiger partial charge in [0.1, 0.15) is 23.0 Å². The summed E-state index contributed by atoms with van der Waals surface area (Å²) in [7, 11) is 0. The molecular weight excluding hydrogens is 420 g/mol. The van der Waals surface area contributed by atoms with Gasteiger partial charge in [-0.05, 0) is 76.9 Å². The van der Waals surface area contributed by atoms with Gasteiger partial charge in [0.25, 0.3) is 0 Å². The van der Waals surface area contributed by atoms with Gasteiger partial charge >= 0.3 is 0 Å². The molecule has 0 aromatic heterocycles. The van der Waals surface area contributed by atoms with Gasteiger partial charge in [0.05, 0.1) is 11.4 Å². The zero-order valence-corrected chi connectivity index (χ0v) is 18.5. The first-order chi connectivity index (χ1) is 16.7. The molecule has 166 valence electrons. The Kier molecular flexibility index (Phi) is 5.87. The fourth-order valence-corrected chi connectivity index (χ4v) is 3.75. The van der Waals surface area contributed by atoms with Crippen molar-refractivity contribution < 1.29 is 9.47 Å². The van der Waals surface area contributed by atoms with Gasteiger partial charge in [-0.3, -0.25) is 0 Å². The summed E-state index contributed by atoms with van der Waals surface area (Å²) >= 11 is 0. The van der Waals surface area contributed by atoms with E-state index in [1.807, 2.05) is 103 Å². The molecule has 0 saturated heterocycles. The molecule has 0 saturated carbocycles. The Labute approximate surface area is 199 Å². The molecule has 5 aromatic carbocycles. The lowest BCUT2D eigenvalue weighted by atomic mass is 9.98. The van der Waals surface area contributed by atoms with Crippen molar-refractivity contribution in [3.63, 3.8) is 0 Å². The number of rotatable bonds is 6. The second-order valence-corrected chi connectivity index (χ2v) is 7.92. The van der Waals surface area contributed by atoms with Crippen LogP contribution in [0.5, 0.6) is 23.0 Å². The molecule has 0 aliphatic rings. The number of nitrogen functional groups attached to an aromatic ring is 2. The molecule has 0 fully saturated rings. The molecule has 4 N–H and O–H groups in total. The molecule has 0 atom stereocenters. The maximum Gasteiger partial charge on any atom is 0.150 e. The van der Waals surface area contributed by atoms with Crippen LogP contribution >= 0.6 is 0 Å². The van der Waals surface area contributed by atoms with Crippen LogP contribution in [0.3, 0.4) is 0 Å². The van der Waals surface area contributed by atoms with Crippen LogP contribution in [0.25, 0.3) is 22.3 Å². The summed E-state index contributed by atoms with van der Waals surface area (Å²) in [4.78, 5) is 0. The van der Waals surface area contributed by atoms with E-state index in [-0.39, 0.29) is 0 Å². The van der Waals surface area contributed by atoms with Gasteiger partial charge in [-0.1, -0.05) is 66.7 Å². The van der Waals surface area contributed by atoms with E-state index < -0.39 is 0 Å². The number of para-hydroxylation sites is 2. The van der Waals surface area contributed by atoms with Crippen LogP contribution in [0, 0.1) is 0 Å². The number of hydrogen-bond acceptors (Lipinski definition) is 4. The molecule has 4 heteroatoms. The molecule has 34 heavy (non-hydrogen) atoms. The maximum absolute atomic E-state index is 6.30. The van der Waals surface area contributed by atoms with Crippen LogP contribution in [0.15, 0.2) is 121 Å². The van der Waals surface area contributed by atoms with Gasteiger partial charge in [0.2, 0.25) is 0 Å². The molecule has 4 nitrogen and oxygen atoms in total. The Morgan fingerprint density at radius 1 is 0.382 bits per heavy atom. The molecule has 5 aromatic rings. The molecule has 0 spiro atoms. The van der Waals surface area contributed by atoms with Crippen LogP contribution in [0.4, 0.5) is 11.4 Å². The van der Waals surface area contributed by atoms with Crippen LogP contribution < -0.4 is 20.9 Å². The van der Waals surface area contributed by atoms with E-state index >= 15 is 0 Å². The van der Waals surface area contributed by atoms with Crippen LogP contribution in [0.1, 0.15) is 0 Å². The fourth-order valence-electron chi connectivity index (χ4n) is 3.75. The average molecular weight is 445 g/mol. The van der Waals surface area contributed by atoms with E-state index in [1.54, 1.807) is 0 Å². The minimum absolute atomic E-state index is 0.582. The fraction of sp³-hybridized carbons (Fsp3) is 0. The third kappa shape index (κ3) is 4.71. The van der Waals surface area contributed by atoms with Crippen molar-refractivity contribution in [3.8, 4) is 45.3 Å². The molecule has 0 aliphatic carbocycles. The van der Waals surface area contributed by atoms with Crippen molar-refractivity contribution in [2.45, 2.75) is 0 Å². The van der Waals surface area contributed by atoms with Crippen LogP contribution in [-0.2, 0) is 0 Å². The number of hydrogen-bond donors (Lipinski definition) is 2. The van der Waals surface area contributed by atoms with E-state index in [4.69, 9.17) is 20.9 Å².